The minimum Gasteiger partial charge on any atom is -0.550 e. The number of likely N-dealkylation sites (N-methyl/N-ethyl adjacent to an activating group) is 2. The Balaban J connectivity index is -0.000000648. The van der Waals surface area contributed by atoms with Crippen LogP contribution in [0, 0.1) is 0 Å². The molecule has 39 heavy (non-hydrogen) atoms. The zero-order valence-electron chi connectivity index (χ0n) is 22.7. The number of nitrogens with zero attached hydrogens (tertiary/aromatic N) is 2. The fourth-order valence-corrected chi connectivity index (χ4v) is 2.34. The molecule has 0 radical (unpaired) electrons. The van der Waals surface area contributed by atoms with Crippen molar-refractivity contribution in [3.8, 4) is 0 Å². The number of aliphatic hydroxyl groups is 2. The molecule has 0 bridgehead atoms. The third kappa shape index (κ3) is 20.8. The number of hydrogen-bond donors (Lipinski definition) is 2. The van der Waals surface area contributed by atoms with Crippen LogP contribution in [0.1, 0.15) is 25.7 Å². The standard InChI is InChI=1S/2C11H19NO7.Fe/c2*1-12(2,3)4-5-19-9(15)7-11(18,10(16)17)6-8(13)14;/h2*18H,4-7H2,1-3H3,(H-,13,14,16,17);/q;;+2/p-2. The Morgan fingerprint density at radius 1 is 0.590 bits per heavy atom. The van der Waals surface area contributed by atoms with Crippen molar-refractivity contribution in [1.82, 2.24) is 0 Å². The van der Waals surface area contributed by atoms with E-state index in [4.69, 9.17) is 9.47 Å². The van der Waals surface area contributed by atoms with E-state index in [1.165, 1.54) is 0 Å². The molecule has 0 heterocycles. The first-order valence-electron chi connectivity index (χ1n) is 11.1. The third-order valence-electron chi connectivity index (χ3n) is 4.56. The minimum absolute atomic E-state index is 0. The number of hydrogen-bond acceptors (Lipinski definition) is 14. The zero-order valence-corrected chi connectivity index (χ0v) is 23.8. The Kier molecular flexibility index (Phi) is 17.7. The average Bonchev–Trinajstić information content (AvgIpc) is 2.64. The number of carboxylic acid groups (broad SMARTS) is 4. The summed E-state index contributed by atoms with van der Waals surface area (Å²) in [5.74, 6) is -9.74. The summed E-state index contributed by atoms with van der Waals surface area (Å²) in [5.41, 5.74) is -5.63. The van der Waals surface area contributed by atoms with Crippen molar-refractivity contribution in [2.24, 2.45) is 0 Å². The van der Waals surface area contributed by atoms with Crippen molar-refractivity contribution in [1.29, 1.82) is 0 Å². The number of carbonyl (C=O) groups is 6. The van der Waals surface area contributed by atoms with Crippen LogP contribution in [0.4, 0.5) is 0 Å². The summed E-state index contributed by atoms with van der Waals surface area (Å²) < 4.78 is 10.5. The van der Waals surface area contributed by atoms with Crippen molar-refractivity contribution in [2.75, 3.05) is 68.6 Å². The maximum absolute atomic E-state index is 11.3. The predicted octanol–water partition coefficient (Wildman–Crippen LogP) is -7.51. The van der Waals surface area contributed by atoms with Gasteiger partial charge in [0, 0.05) is 24.8 Å². The molecule has 226 valence electrons. The molecule has 0 amide bonds. The maximum atomic E-state index is 11.3. The van der Waals surface area contributed by atoms with E-state index in [0.29, 0.717) is 22.1 Å². The smallest absolute Gasteiger partial charge is 0.550 e. The van der Waals surface area contributed by atoms with E-state index < -0.39 is 72.7 Å². The first kappa shape index (κ1) is 40.7. The molecular weight excluding hydrogens is 572 g/mol. The van der Waals surface area contributed by atoms with Gasteiger partial charge in [0.05, 0.1) is 67.1 Å². The quantitative estimate of drug-likeness (QED) is 0.0938. The number of ether oxygens (including phenoxy) is 2. The molecule has 2 unspecified atom stereocenters. The summed E-state index contributed by atoms with van der Waals surface area (Å²) in [4.78, 5) is 64.7. The van der Waals surface area contributed by atoms with Gasteiger partial charge in [-0.25, -0.2) is 0 Å². The molecule has 0 saturated heterocycles. The second-order valence-corrected chi connectivity index (χ2v) is 10.6. The van der Waals surface area contributed by atoms with Crippen LogP contribution >= 0.6 is 0 Å². The maximum Gasteiger partial charge on any atom is 2.00 e. The Morgan fingerprint density at radius 3 is 1.03 bits per heavy atom. The van der Waals surface area contributed by atoms with Gasteiger partial charge in [0.1, 0.15) is 37.5 Å². The summed E-state index contributed by atoms with van der Waals surface area (Å²) >= 11 is 0. The normalized spacial score (nSPS) is 14.2. The molecule has 0 rings (SSSR count). The van der Waals surface area contributed by atoms with Gasteiger partial charge in [-0.15, -0.1) is 0 Å². The molecule has 0 spiro atoms. The largest absolute Gasteiger partial charge is 2.00 e. The summed E-state index contributed by atoms with van der Waals surface area (Å²) in [7, 11) is 11.2. The number of carboxylic acids is 4. The van der Waals surface area contributed by atoms with E-state index in [2.05, 4.69) is 0 Å². The molecule has 0 aliphatic carbocycles. The van der Waals surface area contributed by atoms with Gasteiger partial charge < -0.3 is 68.3 Å². The first-order valence-corrected chi connectivity index (χ1v) is 11.1. The van der Waals surface area contributed by atoms with Gasteiger partial charge in [0.15, 0.2) is 0 Å². The Labute approximate surface area is 236 Å². The van der Waals surface area contributed by atoms with E-state index >= 15 is 0 Å². The molecule has 0 aromatic rings. The molecule has 0 saturated carbocycles. The summed E-state index contributed by atoms with van der Waals surface area (Å²) in [6, 6.07) is 0. The van der Waals surface area contributed by atoms with Gasteiger partial charge in [-0.1, -0.05) is 0 Å². The molecule has 0 aromatic heterocycles. The Hall–Kier alpha value is -2.82. The number of carbonyl (C=O) groups excluding carboxylic acids is 6. The van der Waals surface area contributed by atoms with Crippen LogP contribution in [0.5, 0.6) is 0 Å². The van der Waals surface area contributed by atoms with Gasteiger partial charge >= 0.3 is 29.0 Å². The number of esters is 2. The number of rotatable bonds is 16. The van der Waals surface area contributed by atoms with Gasteiger partial charge in [0.25, 0.3) is 0 Å². The van der Waals surface area contributed by atoms with Gasteiger partial charge in [-0.3, -0.25) is 9.59 Å². The number of aliphatic carboxylic acids is 4. The first-order chi connectivity index (χ1) is 16.9. The van der Waals surface area contributed by atoms with Crippen LogP contribution in [-0.2, 0) is 55.3 Å². The van der Waals surface area contributed by atoms with Crippen LogP contribution < -0.4 is 20.4 Å². The number of quaternary nitrogens is 2. The van der Waals surface area contributed by atoms with E-state index in [0.717, 1.165) is 0 Å². The molecular formula is C22H36FeN2O14. The Morgan fingerprint density at radius 2 is 0.846 bits per heavy atom. The second-order valence-electron chi connectivity index (χ2n) is 10.6. The zero-order chi connectivity index (χ0) is 30.5. The topological polar surface area (TPSA) is 254 Å². The summed E-state index contributed by atoms with van der Waals surface area (Å²) in [5, 5.41) is 61.0. The predicted molar refractivity (Wildman–Crippen MR) is 116 cm³/mol. The van der Waals surface area contributed by atoms with E-state index in [9.17, 15) is 59.4 Å². The van der Waals surface area contributed by atoms with Crippen molar-refractivity contribution in [2.45, 2.75) is 36.9 Å². The SMILES string of the molecule is C[N+](C)(C)CCOC(=O)CC(O)(CC(=O)[O-])C(=O)[O-].C[N+](C)(C)CCOC(=O)CC(O)(CC(=O)[O-])C(=O)[O-].[Fe+2]. The summed E-state index contributed by atoms with van der Waals surface area (Å²) in [6.07, 6.45) is -4.47. The molecule has 0 aliphatic heterocycles. The molecule has 0 fully saturated rings. The fourth-order valence-electron chi connectivity index (χ4n) is 2.34. The van der Waals surface area contributed by atoms with Crippen LogP contribution in [-0.4, -0.2) is 135 Å². The van der Waals surface area contributed by atoms with E-state index in [1.807, 2.05) is 42.3 Å². The molecule has 0 aromatic carbocycles. The monoisotopic (exact) mass is 608 g/mol. The molecule has 2 atom stereocenters. The third-order valence-corrected chi connectivity index (χ3v) is 4.56. The van der Waals surface area contributed by atoms with E-state index in [-0.39, 0.29) is 30.3 Å². The molecule has 0 aliphatic rings. The Bertz CT molecular complexity index is 798. The molecule has 16 nitrogen and oxygen atoms in total. The molecule has 2 N–H and O–H groups in total. The van der Waals surface area contributed by atoms with Crippen molar-refractivity contribution >= 4 is 35.8 Å². The van der Waals surface area contributed by atoms with Crippen molar-refractivity contribution in [3.05, 3.63) is 0 Å². The van der Waals surface area contributed by atoms with Gasteiger partial charge in [-0.2, -0.15) is 0 Å². The van der Waals surface area contributed by atoms with Crippen molar-refractivity contribution in [3.63, 3.8) is 0 Å². The fraction of sp³-hybridized carbons (Fsp3) is 0.727. The van der Waals surface area contributed by atoms with Crippen LogP contribution in [0.3, 0.4) is 0 Å². The minimum atomic E-state index is -2.81. The van der Waals surface area contributed by atoms with Gasteiger partial charge in [0.2, 0.25) is 0 Å². The van der Waals surface area contributed by atoms with Crippen LogP contribution in [0.2, 0.25) is 0 Å². The van der Waals surface area contributed by atoms with Crippen LogP contribution in [0.15, 0.2) is 0 Å². The second kappa shape index (κ2) is 17.0. The van der Waals surface area contributed by atoms with E-state index in [1.54, 1.807) is 0 Å². The average molecular weight is 608 g/mol. The van der Waals surface area contributed by atoms with Crippen molar-refractivity contribution < 1.29 is 94.9 Å². The summed E-state index contributed by atoms with van der Waals surface area (Å²) in [6.45, 7) is 1.01. The van der Waals surface area contributed by atoms with Crippen LogP contribution in [0.25, 0.3) is 0 Å². The molecule has 17 heteroatoms. The van der Waals surface area contributed by atoms with Gasteiger partial charge in [-0.05, 0) is 0 Å².